The number of hydrogen-bond acceptors (Lipinski definition) is 5. The summed E-state index contributed by atoms with van der Waals surface area (Å²) in [6.45, 7) is 4.13. The topological polar surface area (TPSA) is 71.8 Å². The molecule has 2 saturated heterocycles. The van der Waals surface area contributed by atoms with Crippen LogP contribution in [0.1, 0.15) is 30.7 Å². The van der Waals surface area contributed by atoms with Crippen molar-refractivity contribution in [2.75, 3.05) is 26.2 Å². The maximum absolute atomic E-state index is 12.4. The molecule has 1 N–H and O–H groups in total. The number of fused-ring (bicyclic) bond motifs is 4. The molecule has 6 heteroatoms. The Morgan fingerprint density at radius 1 is 1.13 bits per heavy atom. The SMILES string of the molecule is O=C1CC[C@H](c2coc3ccc4cc(OCCN5CC6CC6C5)ccc4c23)C(=O)N1. The Morgan fingerprint density at radius 3 is 2.83 bits per heavy atom. The first-order chi connectivity index (χ1) is 14.7. The Kier molecular flexibility index (Phi) is 4.09. The molecule has 2 amide bonds. The molecule has 1 aliphatic carbocycles. The first-order valence-electron chi connectivity index (χ1n) is 10.8. The molecule has 154 valence electrons. The predicted octanol–water partition coefficient (Wildman–Crippen LogP) is 3.44. The fourth-order valence-corrected chi connectivity index (χ4v) is 5.18. The van der Waals surface area contributed by atoms with Crippen molar-refractivity contribution >= 4 is 33.6 Å². The summed E-state index contributed by atoms with van der Waals surface area (Å²) in [7, 11) is 0. The van der Waals surface area contributed by atoms with Crippen molar-refractivity contribution in [3.63, 3.8) is 0 Å². The highest BCUT2D eigenvalue weighted by Gasteiger charge is 2.44. The van der Waals surface area contributed by atoms with Gasteiger partial charge in [-0.3, -0.25) is 19.8 Å². The van der Waals surface area contributed by atoms with Crippen molar-refractivity contribution in [1.82, 2.24) is 10.2 Å². The molecular weight excluding hydrogens is 380 g/mol. The summed E-state index contributed by atoms with van der Waals surface area (Å²) in [5.74, 6) is 1.93. The van der Waals surface area contributed by atoms with Crippen LogP contribution >= 0.6 is 0 Å². The second kappa shape index (κ2) is 6.84. The van der Waals surface area contributed by atoms with Crippen molar-refractivity contribution in [2.45, 2.75) is 25.2 Å². The van der Waals surface area contributed by atoms with E-state index < -0.39 is 0 Å². The number of carbonyl (C=O) groups is 2. The van der Waals surface area contributed by atoms with Crippen LogP contribution in [0.25, 0.3) is 21.7 Å². The largest absolute Gasteiger partial charge is 0.492 e. The number of nitrogens with zero attached hydrogens (tertiary/aromatic N) is 1. The van der Waals surface area contributed by atoms with Gasteiger partial charge in [0.15, 0.2) is 0 Å². The lowest BCUT2D eigenvalue weighted by molar-refractivity contribution is -0.134. The van der Waals surface area contributed by atoms with Gasteiger partial charge < -0.3 is 9.15 Å². The maximum Gasteiger partial charge on any atom is 0.234 e. The van der Waals surface area contributed by atoms with Crippen LogP contribution in [0.2, 0.25) is 0 Å². The third-order valence-corrected chi connectivity index (χ3v) is 6.90. The van der Waals surface area contributed by atoms with Crippen molar-refractivity contribution in [3.8, 4) is 5.75 Å². The summed E-state index contributed by atoms with van der Waals surface area (Å²) in [5, 5.41) is 5.48. The monoisotopic (exact) mass is 404 g/mol. The molecule has 2 unspecified atom stereocenters. The van der Waals surface area contributed by atoms with Crippen LogP contribution in [0.15, 0.2) is 41.0 Å². The fraction of sp³-hybridized carbons (Fsp3) is 0.417. The number of likely N-dealkylation sites (tertiary alicyclic amines) is 1. The summed E-state index contributed by atoms with van der Waals surface area (Å²) < 4.78 is 11.8. The summed E-state index contributed by atoms with van der Waals surface area (Å²) in [4.78, 5) is 26.4. The average molecular weight is 404 g/mol. The summed E-state index contributed by atoms with van der Waals surface area (Å²) in [6.07, 6.45) is 3.94. The van der Waals surface area contributed by atoms with Crippen LogP contribution in [0.5, 0.6) is 5.75 Å². The maximum atomic E-state index is 12.4. The minimum Gasteiger partial charge on any atom is -0.492 e. The number of benzene rings is 2. The van der Waals surface area contributed by atoms with E-state index in [-0.39, 0.29) is 17.7 Å². The van der Waals surface area contributed by atoms with E-state index in [1.165, 1.54) is 19.5 Å². The number of furan rings is 1. The van der Waals surface area contributed by atoms with Gasteiger partial charge in [-0.15, -0.1) is 0 Å². The Balaban J connectivity index is 1.25. The molecular formula is C24H24N2O4. The Labute approximate surface area is 174 Å². The van der Waals surface area contributed by atoms with Crippen molar-refractivity contribution in [2.24, 2.45) is 11.8 Å². The molecule has 3 aliphatic rings. The van der Waals surface area contributed by atoms with Gasteiger partial charge in [0.25, 0.3) is 0 Å². The Hall–Kier alpha value is -2.86. The van der Waals surface area contributed by atoms with E-state index in [4.69, 9.17) is 9.15 Å². The zero-order chi connectivity index (χ0) is 20.2. The molecule has 2 aliphatic heterocycles. The highest BCUT2D eigenvalue weighted by atomic mass is 16.5. The van der Waals surface area contributed by atoms with E-state index in [1.807, 2.05) is 24.3 Å². The number of piperidine rings is 2. The van der Waals surface area contributed by atoms with E-state index in [2.05, 4.69) is 16.3 Å². The normalized spacial score (nSPS) is 26.2. The van der Waals surface area contributed by atoms with Gasteiger partial charge in [0.2, 0.25) is 11.8 Å². The van der Waals surface area contributed by atoms with Crippen LogP contribution in [-0.2, 0) is 9.59 Å². The molecule has 1 aromatic heterocycles. The van der Waals surface area contributed by atoms with Gasteiger partial charge in [-0.2, -0.15) is 0 Å². The second-order valence-electron chi connectivity index (χ2n) is 8.88. The molecule has 1 saturated carbocycles. The number of carbonyl (C=O) groups excluding carboxylic acids is 2. The Morgan fingerprint density at radius 2 is 2.00 bits per heavy atom. The standard InChI is InChI=1S/C24H24N2O4/c27-22-6-4-19(24(28)25-22)20-13-30-21-5-1-14-10-17(2-3-18(14)23(20)21)29-8-7-26-11-15-9-16(15)12-26/h1-3,5,10,13,15-16,19H,4,6-9,11-12H2,(H,25,27,28)/t15?,16?,19-/m1/s1. The number of hydrogen-bond donors (Lipinski definition) is 1. The molecule has 0 radical (unpaired) electrons. The molecule has 3 heterocycles. The molecule has 3 aromatic rings. The molecule has 6 rings (SSSR count). The van der Waals surface area contributed by atoms with Gasteiger partial charge in [0.05, 0.1) is 12.2 Å². The van der Waals surface area contributed by atoms with E-state index in [0.717, 1.165) is 51.4 Å². The quantitative estimate of drug-likeness (QED) is 0.660. The van der Waals surface area contributed by atoms with Gasteiger partial charge in [-0.25, -0.2) is 0 Å². The van der Waals surface area contributed by atoms with Gasteiger partial charge in [0, 0.05) is 37.0 Å². The van der Waals surface area contributed by atoms with Crippen LogP contribution in [0.4, 0.5) is 0 Å². The number of amides is 2. The molecule has 30 heavy (non-hydrogen) atoms. The number of nitrogens with one attached hydrogen (secondary N) is 1. The first kappa shape index (κ1) is 18.0. The highest BCUT2D eigenvalue weighted by Crippen LogP contribution is 2.44. The van der Waals surface area contributed by atoms with E-state index >= 15 is 0 Å². The first-order valence-corrected chi connectivity index (χ1v) is 10.8. The number of imide groups is 1. The second-order valence-corrected chi connectivity index (χ2v) is 8.88. The smallest absolute Gasteiger partial charge is 0.234 e. The van der Waals surface area contributed by atoms with E-state index in [9.17, 15) is 9.59 Å². The van der Waals surface area contributed by atoms with E-state index in [0.29, 0.717) is 19.4 Å². The van der Waals surface area contributed by atoms with Crippen LogP contribution in [0.3, 0.4) is 0 Å². The highest BCUT2D eigenvalue weighted by molar-refractivity contribution is 6.10. The number of ether oxygens (including phenoxy) is 1. The van der Waals surface area contributed by atoms with Crippen LogP contribution in [-0.4, -0.2) is 43.0 Å². The minimum absolute atomic E-state index is 0.207. The molecule has 3 atom stereocenters. The summed E-state index contributed by atoms with van der Waals surface area (Å²) in [5.41, 5.74) is 1.60. The zero-order valence-corrected chi connectivity index (χ0v) is 16.7. The van der Waals surface area contributed by atoms with Gasteiger partial charge in [-0.1, -0.05) is 6.07 Å². The van der Waals surface area contributed by atoms with Gasteiger partial charge in [0.1, 0.15) is 17.9 Å². The molecule has 2 aromatic carbocycles. The predicted molar refractivity (Wildman–Crippen MR) is 112 cm³/mol. The van der Waals surface area contributed by atoms with E-state index in [1.54, 1.807) is 6.26 Å². The molecule has 6 nitrogen and oxygen atoms in total. The molecule has 0 bridgehead atoms. The van der Waals surface area contributed by atoms with Gasteiger partial charge >= 0.3 is 0 Å². The third kappa shape index (κ3) is 3.06. The lowest BCUT2D eigenvalue weighted by atomic mass is 9.89. The average Bonchev–Trinajstić information content (AvgIpc) is 3.14. The van der Waals surface area contributed by atoms with Crippen LogP contribution in [0, 0.1) is 11.8 Å². The molecule has 0 spiro atoms. The molecule has 3 fully saturated rings. The van der Waals surface area contributed by atoms with Gasteiger partial charge in [-0.05, 0) is 59.7 Å². The van der Waals surface area contributed by atoms with Crippen molar-refractivity contribution in [1.29, 1.82) is 0 Å². The third-order valence-electron chi connectivity index (χ3n) is 6.90. The van der Waals surface area contributed by atoms with Crippen LogP contribution < -0.4 is 10.1 Å². The van der Waals surface area contributed by atoms with Crippen molar-refractivity contribution < 1.29 is 18.7 Å². The lowest BCUT2D eigenvalue weighted by Gasteiger charge is -2.20. The fourth-order valence-electron chi connectivity index (χ4n) is 5.18. The van der Waals surface area contributed by atoms with Crippen molar-refractivity contribution in [3.05, 3.63) is 42.2 Å². The summed E-state index contributed by atoms with van der Waals surface area (Å²) >= 11 is 0. The zero-order valence-electron chi connectivity index (χ0n) is 16.7. The number of rotatable bonds is 5. The summed E-state index contributed by atoms with van der Waals surface area (Å²) in [6, 6.07) is 10.1. The Bertz CT molecular complexity index is 1160. The minimum atomic E-state index is -0.364. The lowest BCUT2D eigenvalue weighted by Crippen LogP contribution is -2.39.